The standard InChI is InChI=1S/C26H16N2O6/c1-3-15-8-10-17(11-9-15)27-23(29)19-13-20(22(26(33)34)14-21(19)25(31)32)24(30)28-18-7-5-6-16(4-2)12-18/h1-2,5-14H,(H,27,29)(H,28,30)(H,31,32)(H,33,34). The van der Waals surface area contributed by atoms with Gasteiger partial charge >= 0.3 is 11.9 Å². The number of hydrogen-bond acceptors (Lipinski definition) is 4. The lowest BCUT2D eigenvalue weighted by Crippen LogP contribution is -2.22. The molecule has 0 radical (unpaired) electrons. The largest absolute Gasteiger partial charge is 0.478 e. The molecule has 0 aromatic heterocycles. The molecule has 3 aromatic carbocycles. The van der Waals surface area contributed by atoms with E-state index in [2.05, 4.69) is 22.5 Å². The second kappa shape index (κ2) is 9.86. The average Bonchev–Trinajstić information content (AvgIpc) is 2.83. The highest BCUT2D eigenvalue weighted by Gasteiger charge is 2.26. The van der Waals surface area contributed by atoms with E-state index < -0.39 is 46.0 Å². The van der Waals surface area contributed by atoms with Crippen molar-refractivity contribution in [2.24, 2.45) is 0 Å². The van der Waals surface area contributed by atoms with Gasteiger partial charge in [-0.3, -0.25) is 9.59 Å². The fourth-order valence-electron chi connectivity index (χ4n) is 3.06. The third-order valence-corrected chi connectivity index (χ3v) is 4.70. The molecular weight excluding hydrogens is 436 g/mol. The number of carboxylic acids is 2. The highest BCUT2D eigenvalue weighted by Crippen LogP contribution is 2.22. The molecule has 0 aliphatic heterocycles. The van der Waals surface area contributed by atoms with Gasteiger partial charge in [-0.1, -0.05) is 17.9 Å². The van der Waals surface area contributed by atoms with Crippen LogP contribution in [0.25, 0.3) is 0 Å². The van der Waals surface area contributed by atoms with Gasteiger partial charge in [-0.15, -0.1) is 12.8 Å². The Morgan fingerprint density at radius 2 is 1.12 bits per heavy atom. The first-order chi connectivity index (χ1) is 16.2. The first kappa shape index (κ1) is 23.3. The summed E-state index contributed by atoms with van der Waals surface area (Å²) in [4.78, 5) is 49.3. The predicted molar refractivity (Wildman–Crippen MR) is 125 cm³/mol. The van der Waals surface area contributed by atoms with Crippen LogP contribution in [0, 0.1) is 24.7 Å². The SMILES string of the molecule is C#Cc1ccc(NC(=O)c2cc(C(=O)Nc3cccc(C#C)c3)c(C(=O)O)cc2C(=O)O)cc1. The van der Waals surface area contributed by atoms with Crippen molar-refractivity contribution in [2.45, 2.75) is 0 Å². The Bertz CT molecular complexity index is 1410. The van der Waals surface area contributed by atoms with Gasteiger partial charge in [0.05, 0.1) is 22.3 Å². The lowest BCUT2D eigenvalue weighted by Gasteiger charge is -2.13. The number of carboxylic acid groups (broad SMARTS) is 2. The third-order valence-electron chi connectivity index (χ3n) is 4.70. The van der Waals surface area contributed by atoms with Gasteiger partial charge < -0.3 is 20.8 Å². The minimum atomic E-state index is -1.54. The highest BCUT2D eigenvalue weighted by molar-refractivity contribution is 6.16. The molecule has 8 heteroatoms. The van der Waals surface area contributed by atoms with Crippen molar-refractivity contribution >= 4 is 35.1 Å². The molecule has 0 saturated heterocycles. The molecule has 0 spiro atoms. The fraction of sp³-hybridized carbons (Fsp3) is 0. The van der Waals surface area contributed by atoms with E-state index in [1.165, 1.54) is 24.3 Å². The van der Waals surface area contributed by atoms with E-state index >= 15 is 0 Å². The van der Waals surface area contributed by atoms with Gasteiger partial charge in [0, 0.05) is 22.5 Å². The summed E-state index contributed by atoms with van der Waals surface area (Å²) >= 11 is 0. The molecule has 0 unspecified atom stereocenters. The van der Waals surface area contributed by atoms with E-state index in [1.807, 2.05) is 0 Å². The normalized spacial score (nSPS) is 9.82. The van der Waals surface area contributed by atoms with E-state index in [4.69, 9.17) is 12.8 Å². The Morgan fingerprint density at radius 3 is 1.62 bits per heavy atom. The summed E-state index contributed by atoms with van der Waals surface area (Å²) in [6.45, 7) is 0. The molecule has 0 aliphatic rings. The van der Waals surface area contributed by atoms with E-state index in [0.29, 0.717) is 22.5 Å². The number of nitrogens with one attached hydrogen (secondary N) is 2. The number of amides is 2. The Kier molecular flexibility index (Phi) is 6.76. The maximum Gasteiger partial charge on any atom is 0.336 e. The lowest BCUT2D eigenvalue weighted by molar-refractivity contribution is 0.0690. The van der Waals surface area contributed by atoms with Gasteiger partial charge in [0.2, 0.25) is 0 Å². The molecule has 2 amide bonds. The molecule has 3 aromatic rings. The van der Waals surface area contributed by atoms with Crippen LogP contribution >= 0.6 is 0 Å². The number of aromatic carboxylic acids is 2. The van der Waals surface area contributed by atoms with Crippen LogP contribution in [-0.2, 0) is 0 Å². The maximum absolute atomic E-state index is 12.9. The first-order valence-electron chi connectivity index (χ1n) is 9.64. The Balaban J connectivity index is 2.04. The monoisotopic (exact) mass is 452 g/mol. The van der Waals surface area contributed by atoms with Gasteiger partial charge in [0.1, 0.15) is 0 Å². The van der Waals surface area contributed by atoms with Crippen LogP contribution in [0.15, 0.2) is 60.7 Å². The molecule has 4 N–H and O–H groups in total. The molecule has 34 heavy (non-hydrogen) atoms. The molecule has 0 bridgehead atoms. The Morgan fingerprint density at radius 1 is 0.618 bits per heavy atom. The van der Waals surface area contributed by atoms with Crippen LogP contribution in [0.1, 0.15) is 52.6 Å². The zero-order valence-electron chi connectivity index (χ0n) is 17.5. The van der Waals surface area contributed by atoms with Crippen molar-refractivity contribution in [3.05, 3.63) is 94.0 Å². The smallest absolute Gasteiger partial charge is 0.336 e. The zero-order valence-corrected chi connectivity index (χ0v) is 17.5. The molecule has 0 saturated carbocycles. The molecule has 8 nitrogen and oxygen atoms in total. The van der Waals surface area contributed by atoms with Crippen LogP contribution in [-0.4, -0.2) is 34.0 Å². The molecule has 0 fully saturated rings. The highest BCUT2D eigenvalue weighted by atomic mass is 16.4. The minimum Gasteiger partial charge on any atom is -0.478 e. The number of carbonyl (C=O) groups is 4. The summed E-state index contributed by atoms with van der Waals surface area (Å²) < 4.78 is 0. The maximum atomic E-state index is 12.9. The van der Waals surface area contributed by atoms with Crippen molar-refractivity contribution in [1.82, 2.24) is 0 Å². The van der Waals surface area contributed by atoms with Gasteiger partial charge in [-0.25, -0.2) is 9.59 Å². The summed E-state index contributed by atoms with van der Waals surface area (Å²) in [5.74, 6) is 0.0373. The molecule has 0 heterocycles. The number of benzene rings is 3. The number of hydrogen-bond donors (Lipinski definition) is 4. The van der Waals surface area contributed by atoms with Gasteiger partial charge in [-0.05, 0) is 54.6 Å². The molecule has 3 rings (SSSR count). The predicted octanol–water partition coefficient (Wildman–Crippen LogP) is 3.55. The van der Waals surface area contributed by atoms with Crippen LogP contribution < -0.4 is 10.6 Å². The molecule has 0 aliphatic carbocycles. The van der Waals surface area contributed by atoms with E-state index in [0.717, 1.165) is 12.1 Å². The quantitative estimate of drug-likeness (QED) is 0.423. The van der Waals surface area contributed by atoms with Gasteiger partial charge in [-0.2, -0.15) is 0 Å². The van der Waals surface area contributed by atoms with Gasteiger partial charge in [0.25, 0.3) is 11.8 Å². The molecule has 166 valence electrons. The molecular formula is C26H16N2O6. The third kappa shape index (κ3) is 5.10. The van der Waals surface area contributed by atoms with E-state index in [1.54, 1.807) is 24.3 Å². The fourth-order valence-corrected chi connectivity index (χ4v) is 3.06. The summed E-state index contributed by atoms with van der Waals surface area (Å²) in [5.41, 5.74) is -0.314. The van der Waals surface area contributed by atoms with Crippen molar-refractivity contribution in [3.63, 3.8) is 0 Å². The van der Waals surface area contributed by atoms with E-state index in [9.17, 15) is 29.4 Å². The summed E-state index contributed by atoms with van der Waals surface area (Å²) in [7, 11) is 0. The number of anilines is 2. The first-order valence-corrected chi connectivity index (χ1v) is 9.64. The Labute approximate surface area is 194 Å². The number of rotatable bonds is 6. The summed E-state index contributed by atoms with van der Waals surface area (Å²) in [6.07, 6.45) is 10.7. The number of terminal acetylenes is 2. The average molecular weight is 452 g/mol. The Hall–Kier alpha value is -5.34. The van der Waals surface area contributed by atoms with E-state index in [-0.39, 0.29) is 0 Å². The van der Waals surface area contributed by atoms with Crippen LogP contribution in [0.2, 0.25) is 0 Å². The van der Waals surface area contributed by atoms with Crippen molar-refractivity contribution < 1.29 is 29.4 Å². The van der Waals surface area contributed by atoms with Crippen LogP contribution in [0.5, 0.6) is 0 Å². The van der Waals surface area contributed by atoms with Crippen LogP contribution in [0.4, 0.5) is 11.4 Å². The van der Waals surface area contributed by atoms with Crippen molar-refractivity contribution in [2.75, 3.05) is 10.6 Å². The minimum absolute atomic E-state index is 0.290. The second-order valence-electron chi connectivity index (χ2n) is 6.91. The number of carbonyl (C=O) groups excluding carboxylic acids is 2. The topological polar surface area (TPSA) is 133 Å². The van der Waals surface area contributed by atoms with Gasteiger partial charge in [0.15, 0.2) is 0 Å². The zero-order chi connectivity index (χ0) is 24.8. The lowest BCUT2D eigenvalue weighted by atomic mass is 9.96. The second-order valence-corrected chi connectivity index (χ2v) is 6.91. The summed E-state index contributed by atoms with van der Waals surface area (Å²) in [6, 6.07) is 14.2. The van der Waals surface area contributed by atoms with Crippen molar-refractivity contribution in [3.8, 4) is 24.7 Å². The molecule has 0 atom stereocenters. The summed E-state index contributed by atoms with van der Waals surface area (Å²) in [5, 5.41) is 24.2. The van der Waals surface area contributed by atoms with Crippen molar-refractivity contribution in [1.29, 1.82) is 0 Å². The van der Waals surface area contributed by atoms with Crippen LogP contribution in [0.3, 0.4) is 0 Å².